The first-order valence-corrected chi connectivity index (χ1v) is 18.6. The van der Waals surface area contributed by atoms with Crippen LogP contribution in [0.25, 0.3) is 0 Å². The lowest BCUT2D eigenvalue weighted by molar-refractivity contribution is 0.0240. The molecule has 1 fully saturated rings. The van der Waals surface area contributed by atoms with Crippen molar-refractivity contribution in [2.75, 3.05) is 13.2 Å². The van der Waals surface area contributed by atoms with Crippen LogP contribution in [-0.4, -0.2) is 25.4 Å². The first-order valence-electron chi connectivity index (χ1n) is 18.6. The third-order valence-corrected chi connectivity index (χ3v) is 8.95. The Hall–Kier alpha value is -0.0800. The van der Waals surface area contributed by atoms with E-state index in [2.05, 4.69) is 13.8 Å². The first-order chi connectivity index (χ1) is 19.4. The molecule has 1 aliphatic rings. The fraction of sp³-hybridized carbons (Fsp3) is 1.00. The van der Waals surface area contributed by atoms with Gasteiger partial charge in [-0.25, -0.2) is 0 Å². The normalized spacial score (nSPS) is 15.7. The molecule has 2 atom stereocenters. The third kappa shape index (κ3) is 27.8. The zero-order valence-corrected chi connectivity index (χ0v) is 27.3. The van der Waals surface area contributed by atoms with E-state index in [1.54, 1.807) is 0 Å². The zero-order chi connectivity index (χ0) is 27.9. The second kappa shape index (κ2) is 30.9. The molecule has 0 amide bonds. The van der Waals surface area contributed by atoms with Crippen LogP contribution >= 0.6 is 0 Å². The highest BCUT2D eigenvalue weighted by molar-refractivity contribution is 4.80. The Morgan fingerprint density at radius 1 is 0.436 bits per heavy atom. The largest absolute Gasteiger partial charge is 0.375 e. The molecule has 234 valence electrons. The van der Waals surface area contributed by atoms with Gasteiger partial charge in [-0.2, -0.15) is 0 Å². The zero-order valence-electron chi connectivity index (χ0n) is 27.3. The molecule has 0 aromatic heterocycles. The molecule has 1 rings (SSSR count). The minimum absolute atomic E-state index is 0.374. The second-order valence-corrected chi connectivity index (χ2v) is 13.0. The average molecular weight is 551 g/mol. The van der Waals surface area contributed by atoms with Crippen molar-refractivity contribution in [2.45, 2.75) is 225 Å². The predicted octanol–water partition coefficient (Wildman–Crippen LogP) is 12.9. The van der Waals surface area contributed by atoms with Gasteiger partial charge in [0, 0.05) is 6.61 Å². The van der Waals surface area contributed by atoms with Crippen molar-refractivity contribution in [1.29, 1.82) is 0 Å². The molecular weight excluding hydrogens is 476 g/mol. The lowest BCUT2D eigenvalue weighted by Gasteiger charge is -2.16. The van der Waals surface area contributed by atoms with Gasteiger partial charge in [0.2, 0.25) is 0 Å². The quantitative estimate of drug-likeness (QED) is 0.0587. The van der Waals surface area contributed by atoms with Crippen LogP contribution in [0.1, 0.15) is 213 Å². The smallest absolute Gasteiger partial charge is 0.107 e. The molecule has 1 aliphatic heterocycles. The van der Waals surface area contributed by atoms with Gasteiger partial charge in [0.25, 0.3) is 0 Å². The van der Waals surface area contributed by atoms with E-state index in [0.717, 1.165) is 13.2 Å². The Labute approximate surface area is 247 Å². The molecule has 0 aromatic carbocycles. The highest BCUT2D eigenvalue weighted by Gasteiger charge is 2.32. The Bertz CT molecular complexity index is 447. The van der Waals surface area contributed by atoms with Gasteiger partial charge >= 0.3 is 0 Å². The van der Waals surface area contributed by atoms with Gasteiger partial charge in [0.15, 0.2) is 0 Å². The van der Waals surface area contributed by atoms with Crippen molar-refractivity contribution in [3.63, 3.8) is 0 Å². The predicted molar refractivity (Wildman–Crippen MR) is 174 cm³/mol. The van der Waals surface area contributed by atoms with Gasteiger partial charge in [-0.15, -0.1) is 0 Å². The Morgan fingerprint density at radius 3 is 1.03 bits per heavy atom. The van der Waals surface area contributed by atoms with E-state index in [-0.39, 0.29) is 0 Å². The van der Waals surface area contributed by atoms with Crippen LogP contribution in [0.4, 0.5) is 0 Å². The number of unbranched alkanes of at least 4 members (excludes halogenated alkanes) is 28. The standard InChI is InChI=1S/C37H74O2/c1-3-5-7-9-11-13-15-17-18-19-20-21-23-25-27-29-31-33-36(37-35-39-37)38-34-32-30-28-26-24-22-16-14-12-10-8-6-4-2/h36-37H,3-35H2,1-2H3. The third-order valence-electron chi connectivity index (χ3n) is 8.95. The molecular formula is C37H74O2. The molecule has 1 heterocycles. The van der Waals surface area contributed by atoms with Gasteiger partial charge < -0.3 is 9.47 Å². The number of hydrogen-bond donors (Lipinski definition) is 0. The summed E-state index contributed by atoms with van der Waals surface area (Å²) < 4.78 is 11.9. The lowest BCUT2D eigenvalue weighted by Crippen LogP contribution is -2.20. The van der Waals surface area contributed by atoms with Crippen molar-refractivity contribution in [1.82, 2.24) is 0 Å². The summed E-state index contributed by atoms with van der Waals surface area (Å²) >= 11 is 0. The molecule has 0 spiro atoms. The summed E-state index contributed by atoms with van der Waals surface area (Å²) in [5, 5.41) is 0. The van der Waals surface area contributed by atoms with E-state index < -0.39 is 0 Å². The average Bonchev–Trinajstić information content (AvgIpc) is 3.79. The number of hydrogen-bond acceptors (Lipinski definition) is 2. The van der Waals surface area contributed by atoms with Crippen molar-refractivity contribution in [3.8, 4) is 0 Å². The molecule has 2 heteroatoms. The fourth-order valence-electron chi connectivity index (χ4n) is 6.07. The second-order valence-electron chi connectivity index (χ2n) is 13.0. The van der Waals surface area contributed by atoms with E-state index in [1.165, 1.54) is 199 Å². The molecule has 2 nitrogen and oxygen atoms in total. The van der Waals surface area contributed by atoms with Gasteiger partial charge in [0.1, 0.15) is 6.10 Å². The first kappa shape index (κ1) is 36.9. The Kier molecular flexibility index (Phi) is 29.2. The minimum Gasteiger partial charge on any atom is -0.375 e. The van der Waals surface area contributed by atoms with Crippen LogP contribution in [-0.2, 0) is 9.47 Å². The van der Waals surface area contributed by atoms with E-state index in [0.29, 0.717) is 12.2 Å². The van der Waals surface area contributed by atoms with Gasteiger partial charge in [0.05, 0.1) is 12.7 Å². The summed E-state index contributed by atoms with van der Waals surface area (Å²) in [7, 11) is 0. The maximum absolute atomic E-state index is 6.27. The Morgan fingerprint density at radius 2 is 0.718 bits per heavy atom. The van der Waals surface area contributed by atoms with Gasteiger partial charge in [-0.05, 0) is 12.8 Å². The van der Waals surface area contributed by atoms with Crippen LogP contribution in [0.5, 0.6) is 0 Å². The van der Waals surface area contributed by atoms with Crippen LogP contribution in [0.3, 0.4) is 0 Å². The van der Waals surface area contributed by atoms with Crippen LogP contribution in [0.15, 0.2) is 0 Å². The topological polar surface area (TPSA) is 21.8 Å². The molecule has 2 unspecified atom stereocenters. The van der Waals surface area contributed by atoms with Crippen LogP contribution in [0, 0.1) is 0 Å². The molecule has 0 saturated carbocycles. The van der Waals surface area contributed by atoms with E-state index >= 15 is 0 Å². The molecule has 0 N–H and O–H groups in total. The summed E-state index contributed by atoms with van der Waals surface area (Å²) in [5.41, 5.74) is 0. The van der Waals surface area contributed by atoms with Gasteiger partial charge in [-0.1, -0.05) is 200 Å². The molecule has 0 aromatic rings. The van der Waals surface area contributed by atoms with Crippen molar-refractivity contribution < 1.29 is 9.47 Å². The summed E-state index contributed by atoms with van der Waals surface area (Å²) in [6.07, 6.45) is 44.8. The SMILES string of the molecule is CCCCCCCCCCCCCCCCCCCC(OCCCCCCCCCCCCCCC)C1CO1. The van der Waals surface area contributed by atoms with E-state index in [4.69, 9.17) is 9.47 Å². The highest BCUT2D eigenvalue weighted by Crippen LogP contribution is 2.23. The number of epoxide rings is 1. The van der Waals surface area contributed by atoms with Crippen LogP contribution in [0.2, 0.25) is 0 Å². The molecule has 0 radical (unpaired) electrons. The highest BCUT2D eigenvalue weighted by atomic mass is 16.6. The number of ether oxygens (including phenoxy) is 2. The summed E-state index contributed by atoms with van der Waals surface area (Å²) in [5.74, 6) is 0. The molecule has 1 saturated heterocycles. The van der Waals surface area contributed by atoms with Gasteiger partial charge in [-0.3, -0.25) is 0 Å². The minimum atomic E-state index is 0.374. The fourth-order valence-corrected chi connectivity index (χ4v) is 6.07. The summed E-state index contributed by atoms with van der Waals surface area (Å²) in [6.45, 7) is 6.48. The van der Waals surface area contributed by atoms with E-state index in [1.807, 2.05) is 0 Å². The molecule has 0 aliphatic carbocycles. The van der Waals surface area contributed by atoms with Crippen molar-refractivity contribution in [3.05, 3.63) is 0 Å². The maximum atomic E-state index is 6.27. The Balaban J connectivity index is 1.78. The molecule has 0 bridgehead atoms. The van der Waals surface area contributed by atoms with Crippen molar-refractivity contribution >= 4 is 0 Å². The lowest BCUT2D eigenvalue weighted by atomic mass is 10.0. The van der Waals surface area contributed by atoms with Crippen molar-refractivity contribution in [2.24, 2.45) is 0 Å². The number of rotatable bonds is 34. The van der Waals surface area contributed by atoms with Crippen LogP contribution < -0.4 is 0 Å². The summed E-state index contributed by atoms with van der Waals surface area (Å²) in [4.78, 5) is 0. The summed E-state index contributed by atoms with van der Waals surface area (Å²) in [6, 6.07) is 0. The molecule has 39 heavy (non-hydrogen) atoms. The maximum Gasteiger partial charge on any atom is 0.107 e. The monoisotopic (exact) mass is 551 g/mol. The van der Waals surface area contributed by atoms with E-state index in [9.17, 15) is 0 Å².